The molecule has 2 aromatic carbocycles. The second-order valence-electron chi connectivity index (χ2n) is 8.60. The van der Waals surface area contributed by atoms with Gasteiger partial charge >= 0.3 is 0 Å². The number of hydrogen-bond donors (Lipinski definition) is 4. The van der Waals surface area contributed by atoms with E-state index in [0.29, 0.717) is 0 Å². The molecule has 0 unspecified atom stereocenters. The highest BCUT2D eigenvalue weighted by Crippen LogP contribution is 2.37. The van der Waals surface area contributed by atoms with E-state index in [-0.39, 0.29) is 11.6 Å². The van der Waals surface area contributed by atoms with Gasteiger partial charge in [-0.15, -0.1) is 0 Å². The first kappa shape index (κ1) is 22.1. The van der Waals surface area contributed by atoms with Crippen molar-refractivity contribution in [3.05, 3.63) is 60.7 Å². The van der Waals surface area contributed by atoms with Gasteiger partial charge in [0, 0.05) is 0 Å². The normalized spacial score (nSPS) is 28.3. The molecule has 1 saturated heterocycles. The molecule has 0 amide bonds. The van der Waals surface area contributed by atoms with Gasteiger partial charge in [-0.1, -0.05) is 81.4 Å². The Hall–Kier alpha value is -1.58. The summed E-state index contributed by atoms with van der Waals surface area (Å²) < 4.78 is 12.2. The van der Waals surface area contributed by atoms with E-state index in [4.69, 9.17) is 14.9 Å². The quantitative estimate of drug-likeness (QED) is 0.523. The molecular weight excluding hydrogens is 386 g/mol. The fourth-order valence-electron chi connectivity index (χ4n) is 4.07. The van der Waals surface area contributed by atoms with Crippen LogP contribution in [0.4, 0.5) is 0 Å². The maximum atomic E-state index is 10.4. The number of nitrogens with two attached hydrogens (primary N) is 1. The van der Waals surface area contributed by atoms with E-state index in [9.17, 15) is 15.3 Å². The van der Waals surface area contributed by atoms with Crippen molar-refractivity contribution < 1.29 is 24.5 Å². The van der Waals surface area contributed by atoms with Crippen LogP contribution >= 0.6 is 0 Å². The van der Waals surface area contributed by atoms with Crippen LogP contribution in [0.5, 0.6) is 0 Å². The maximum absolute atomic E-state index is 10.4. The summed E-state index contributed by atoms with van der Waals surface area (Å²) in [7, 11) is -2.81. The summed E-state index contributed by atoms with van der Waals surface area (Å²) in [5, 5.41) is 32.5. The van der Waals surface area contributed by atoms with E-state index in [1.165, 1.54) is 0 Å². The molecule has 0 bridgehead atoms. The topological polar surface area (TPSA) is 105 Å². The fraction of sp³-hybridized carbons (Fsp3) is 0.455. The van der Waals surface area contributed by atoms with E-state index in [2.05, 4.69) is 45.0 Å². The predicted molar refractivity (Wildman–Crippen MR) is 114 cm³/mol. The zero-order chi connectivity index (χ0) is 21.2. The molecule has 1 aliphatic rings. The summed E-state index contributed by atoms with van der Waals surface area (Å²) in [6, 6.07) is 19.1. The van der Waals surface area contributed by atoms with E-state index < -0.39 is 39.0 Å². The lowest BCUT2D eigenvalue weighted by Crippen LogP contribution is -2.68. The first-order valence-corrected chi connectivity index (χ1v) is 11.8. The maximum Gasteiger partial charge on any atom is 0.261 e. The van der Waals surface area contributed by atoms with Crippen LogP contribution in [0.3, 0.4) is 0 Å². The molecular formula is C22H31NO5Si. The number of aliphatic hydroxyl groups excluding tert-OH is 3. The highest BCUT2D eigenvalue weighted by Gasteiger charge is 2.51. The van der Waals surface area contributed by atoms with Crippen LogP contribution in [-0.2, 0) is 9.16 Å². The van der Waals surface area contributed by atoms with Crippen molar-refractivity contribution in [2.75, 3.05) is 6.61 Å². The molecule has 0 saturated carbocycles. The smallest absolute Gasteiger partial charge is 0.261 e. The Morgan fingerprint density at radius 1 is 0.897 bits per heavy atom. The molecule has 29 heavy (non-hydrogen) atoms. The van der Waals surface area contributed by atoms with Gasteiger partial charge in [0.2, 0.25) is 0 Å². The Bertz CT molecular complexity index is 743. The number of aliphatic hydroxyl groups is 3. The first-order chi connectivity index (χ1) is 13.7. The molecule has 3 rings (SSSR count). The van der Waals surface area contributed by atoms with Gasteiger partial charge in [-0.3, -0.25) is 0 Å². The fourth-order valence-corrected chi connectivity index (χ4v) is 8.64. The van der Waals surface area contributed by atoms with Crippen LogP contribution in [-0.4, -0.2) is 60.9 Å². The van der Waals surface area contributed by atoms with Crippen LogP contribution in [0, 0.1) is 0 Å². The van der Waals surface area contributed by atoms with Crippen molar-refractivity contribution in [2.24, 2.45) is 5.73 Å². The number of rotatable bonds is 5. The molecule has 5 N–H and O–H groups in total. The molecule has 6 nitrogen and oxygen atoms in total. The Kier molecular flexibility index (Phi) is 6.60. The molecule has 7 heteroatoms. The van der Waals surface area contributed by atoms with E-state index in [1.54, 1.807) is 0 Å². The highest BCUT2D eigenvalue weighted by molar-refractivity contribution is 6.99. The average Bonchev–Trinajstić information content (AvgIpc) is 2.71. The van der Waals surface area contributed by atoms with Gasteiger partial charge in [-0.2, -0.15) is 0 Å². The minimum absolute atomic E-state index is 0.0231. The first-order valence-electron chi connectivity index (χ1n) is 9.89. The number of ether oxygens (including phenoxy) is 1. The van der Waals surface area contributed by atoms with Crippen LogP contribution < -0.4 is 16.1 Å². The molecule has 0 aromatic heterocycles. The van der Waals surface area contributed by atoms with Gasteiger partial charge in [0.25, 0.3) is 8.32 Å². The lowest BCUT2D eigenvalue weighted by atomic mass is 9.98. The summed E-state index contributed by atoms with van der Waals surface area (Å²) in [6.45, 7) is 6.47. The molecule has 0 radical (unpaired) electrons. The average molecular weight is 418 g/mol. The largest absolute Gasteiger partial charge is 0.405 e. The van der Waals surface area contributed by atoms with Gasteiger partial charge in [-0.05, 0) is 15.4 Å². The standard InChI is InChI=1S/C22H31NO5Si/c1-22(2,3)29(15-10-6-4-7-11-15,16-12-8-5-9-13-16)27-14-17-19(24)20(25)18(23)21(26)28-17/h4-13,17-21,24-26H,14,23H2,1-3H3/t17-,18-,19-,20-,21-/m1/s1. The minimum atomic E-state index is -2.81. The SMILES string of the molecule is CC(C)(C)[Si](OC[C@H]1O[C@@H](O)[C@H](N)[C@@H](O)[C@@H]1O)(c1ccccc1)c1ccccc1. The van der Waals surface area contributed by atoms with Gasteiger partial charge in [-0.25, -0.2) is 0 Å². The molecule has 5 atom stereocenters. The Morgan fingerprint density at radius 2 is 1.38 bits per heavy atom. The van der Waals surface area contributed by atoms with Crippen LogP contribution in [0.1, 0.15) is 20.8 Å². The third kappa shape index (κ3) is 4.18. The van der Waals surface area contributed by atoms with Crippen molar-refractivity contribution in [1.82, 2.24) is 0 Å². The van der Waals surface area contributed by atoms with E-state index in [0.717, 1.165) is 10.4 Å². The second-order valence-corrected chi connectivity index (χ2v) is 12.9. The summed E-state index contributed by atoms with van der Waals surface area (Å²) in [5.41, 5.74) is 5.69. The molecule has 1 heterocycles. The Morgan fingerprint density at radius 3 is 1.83 bits per heavy atom. The summed E-state index contributed by atoms with van der Waals surface area (Å²) >= 11 is 0. The van der Waals surface area contributed by atoms with Gasteiger partial charge in [0.15, 0.2) is 6.29 Å². The summed E-state index contributed by atoms with van der Waals surface area (Å²) in [6.07, 6.45) is -4.78. The minimum Gasteiger partial charge on any atom is -0.405 e. The van der Waals surface area contributed by atoms with Crippen molar-refractivity contribution in [3.8, 4) is 0 Å². The van der Waals surface area contributed by atoms with Crippen molar-refractivity contribution >= 4 is 18.7 Å². The third-order valence-electron chi connectivity index (χ3n) is 5.65. The number of benzene rings is 2. The number of hydrogen-bond acceptors (Lipinski definition) is 6. The van der Waals surface area contributed by atoms with Crippen molar-refractivity contribution in [3.63, 3.8) is 0 Å². The lowest BCUT2D eigenvalue weighted by molar-refractivity contribution is -0.247. The predicted octanol–water partition coefficient (Wildman–Crippen LogP) is 0.329. The van der Waals surface area contributed by atoms with Crippen molar-refractivity contribution in [1.29, 1.82) is 0 Å². The highest BCUT2D eigenvalue weighted by atomic mass is 28.4. The van der Waals surface area contributed by atoms with E-state index >= 15 is 0 Å². The van der Waals surface area contributed by atoms with E-state index in [1.807, 2.05) is 36.4 Å². The molecule has 0 aliphatic carbocycles. The lowest BCUT2D eigenvalue weighted by Gasteiger charge is -2.45. The van der Waals surface area contributed by atoms with Crippen LogP contribution in [0.25, 0.3) is 0 Å². The van der Waals surface area contributed by atoms with Gasteiger partial charge in [0.05, 0.1) is 12.6 Å². The second kappa shape index (κ2) is 8.65. The summed E-state index contributed by atoms with van der Waals surface area (Å²) in [5.74, 6) is 0. The molecule has 0 spiro atoms. The zero-order valence-corrected chi connectivity index (χ0v) is 18.1. The third-order valence-corrected chi connectivity index (χ3v) is 10.7. The van der Waals surface area contributed by atoms with Crippen LogP contribution in [0.2, 0.25) is 5.04 Å². The Labute approximate surface area is 173 Å². The van der Waals surface area contributed by atoms with Gasteiger partial charge in [0.1, 0.15) is 18.3 Å². The van der Waals surface area contributed by atoms with Crippen LogP contribution in [0.15, 0.2) is 60.7 Å². The zero-order valence-electron chi connectivity index (χ0n) is 17.1. The monoisotopic (exact) mass is 417 g/mol. The molecule has 1 aliphatic heterocycles. The van der Waals surface area contributed by atoms with Gasteiger partial charge < -0.3 is 30.2 Å². The Balaban J connectivity index is 2.00. The molecule has 2 aromatic rings. The summed E-state index contributed by atoms with van der Waals surface area (Å²) in [4.78, 5) is 0. The molecule has 158 valence electrons. The molecule has 1 fully saturated rings. The van der Waals surface area contributed by atoms with Crippen molar-refractivity contribution in [2.45, 2.75) is 56.5 Å².